The first-order chi connectivity index (χ1) is 12.6. The summed E-state index contributed by atoms with van der Waals surface area (Å²) < 4.78 is 0. The Bertz CT molecular complexity index is 579. The van der Waals surface area contributed by atoms with E-state index < -0.39 is 0 Å². The van der Waals surface area contributed by atoms with Crippen molar-refractivity contribution in [2.75, 3.05) is 51.7 Å². The van der Waals surface area contributed by atoms with Gasteiger partial charge in [-0.2, -0.15) is 0 Å². The third kappa shape index (κ3) is 4.67. The Hall–Kier alpha value is -1.82. The van der Waals surface area contributed by atoms with E-state index in [9.17, 15) is 0 Å². The number of likely N-dealkylation sites (N-methyl/N-ethyl adjacent to an activating group) is 1. The van der Waals surface area contributed by atoms with Gasteiger partial charge in [-0.05, 0) is 43.4 Å². The van der Waals surface area contributed by atoms with Crippen LogP contribution in [0.5, 0.6) is 0 Å². The predicted molar refractivity (Wildman–Crippen MR) is 109 cm³/mol. The molecule has 1 saturated carbocycles. The van der Waals surface area contributed by atoms with Gasteiger partial charge >= 0.3 is 0 Å². The minimum Gasteiger partial charge on any atom is -0.356 e. The molecule has 1 saturated heterocycles. The summed E-state index contributed by atoms with van der Waals surface area (Å²) in [5.41, 5.74) is 1.67. The fourth-order valence-corrected chi connectivity index (χ4v) is 3.75. The van der Waals surface area contributed by atoms with Crippen LogP contribution < -0.4 is 15.5 Å². The first kappa shape index (κ1) is 19.0. The lowest BCUT2D eigenvalue weighted by Gasteiger charge is -2.41. The molecule has 1 aromatic heterocycles. The van der Waals surface area contributed by atoms with Gasteiger partial charge in [0.25, 0.3) is 0 Å². The lowest BCUT2D eigenvalue weighted by molar-refractivity contribution is 0.131. The third-order valence-electron chi connectivity index (χ3n) is 6.12. The number of anilines is 1. The van der Waals surface area contributed by atoms with Crippen LogP contribution in [0, 0.1) is 5.41 Å². The molecule has 6 heteroatoms. The van der Waals surface area contributed by atoms with E-state index in [0.29, 0.717) is 5.41 Å². The Kier molecular flexibility index (Phi) is 6.35. The minimum absolute atomic E-state index is 0.489. The van der Waals surface area contributed by atoms with Crippen molar-refractivity contribution >= 4 is 11.8 Å². The molecular formula is C20H34N6. The molecule has 6 nitrogen and oxygen atoms in total. The smallest absolute Gasteiger partial charge is 0.191 e. The maximum absolute atomic E-state index is 4.66. The molecule has 0 unspecified atom stereocenters. The van der Waals surface area contributed by atoms with Crippen LogP contribution >= 0.6 is 0 Å². The van der Waals surface area contributed by atoms with Crippen molar-refractivity contribution in [2.45, 2.75) is 39.2 Å². The van der Waals surface area contributed by atoms with Crippen molar-refractivity contribution in [3.63, 3.8) is 0 Å². The minimum atomic E-state index is 0.489. The lowest BCUT2D eigenvalue weighted by Crippen LogP contribution is -2.46. The Morgan fingerprint density at radius 2 is 1.96 bits per heavy atom. The van der Waals surface area contributed by atoms with Gasteiger partial charge in [0.15, 0.2) is 5.96 Å². The molecule has 2 N–H and O–H groups in total. The summed E-state index contributed by atoms with van der Waals surface area (Å²) in [7, 11) is 4.01. The zero-order valence-electron chi connectivity index (χ0n) is 16.6. The van der Waals surface area contributed by atoms with Crippen LogP contribution in [0.25, 0.3) is 0 Å². The fraction of sp³-hybridized carbons (Fsp3) is 0.700. The van der Waals surface area contributed by atoms with E-state index in [2.05, 4.69) is 56.5 Å². The zero-order valence-corrected chi connectivity index (χ0v) is 16.6. The molecule has 0 amide bonds. The highest BCUT2D eigenvalue weighted by Gasteiger charge is 2.34. The van der Waals surface area contributed by atoms with Crippen LogP contribution in [0.1, 0.15) is 38.2 Å². The highest BCUT2D eigenvalue weighted by atomic mass is 15.3. The van der Waals surface area contributed by atoms with Crippen molar-refractivity contribution in [2.24, 2.45) is 10.4 Å². The van der Waals surface area contributed by atoms with Crippen molar-refractivity contribution in [1.82, 2.24) is 20.5 Å². The van der Waals surface area contributed by atoms with Gasteiger partial charge in [-0.3, -0.25) is 4.99 Å². The molecule has 1 aliphatic heterocycles. The zero-order chi connectivity index (χ0) is 18.4. The largest absolute Gasteiger partial charge is 0.356 e. The lowest BCUT2D eigenvalue weighted by atomic mass is 9.67. The van der Waals surface area contributed by atoms with Gasteiger partial charge in [-0.15, -0.1) is 0 Å². The topological polar surface area (TPSA) is 55.8 Å². The molecule has 0 spiro atoms. The number of rotatable bonds is 6. The molecule has 0 bridgehead atoms. The predicted octanol–water partition coefficient (Wildman–Crippen LogP) is 2.08. The van der Waals surface area contributed by atoms with E-state index in [1.54, 1.807) is 0 Å². The second-order valence-electron chi connectivity index (χ2n) is 7.80. The maximum atomic E-state index is 4.66. The quantitative estimate of drug-likeness (QED) is 0.602. The number of aromatic nitrogens is 1. The van der Waals surface area contributed by atoms with Crippen LogP contribution in [0.4, 0.5) is 5.82 Å². The van der Waals surface area contributed by atoms with Gasteiger partial charge in [0.2, 0.25) is 0 Å². The first-order valence-electron chi connectivity index (χ1n) is 9.97. The number of aliphatic imine (C=N–C) groups is 1. The average molecular weight is 359 g/mol. The Morgan fingerprint density at radius 3 is 2.50 bits per heavy atom. The van der Waals surface area contributed by atoms with E-state index >= 15 is 0 Å². The Morgan fingerprint density at radius 1 is 1.19 bits per heavy atom. The summed E-state index contributed by atoms with van der Waals surface area (Å²) in [6, 6.07) is 4.30. The standard InChI is InChI=1S/C20H34N6/c1-4-20(8-5-9-20)16-24-19(21-2)23-15-17-6-7-18(22-14-17)26-12-10-25(3)11-13-26/h6-7,14H,4-5,8-13,15-16H2,1-3H3,(H2,21,23,24). The van der Waals surface area contributed by atoms with Crippen molar-refractivity contribution in [1.29, 1.82) is 0 Å². The van der Waals surface area contributed by atoms with Crippen LogP contribution in [0.2, 0.25) is 0 Å². The fourth-order valence-electron chi connectivity index (χ4n) is 3.75. The highest BCUT2D eigenvalue weighted by Crippen LogP contribution is 2.42. The number of pyridine rings is 1. The van der Waals surface area contributed by atoms with Crippen LogP contribution in [0.15, 0.2) is 23.3 Å². The molecule has 1 aromatic rings. The van der Waals surface area contributed by atoms with Gasteiger partial charge < -0.3 is 20.4 Å². The Balaban J connectivity index is 1.46. The van der Waals surface area contributed by atoms with Crippen LogP contribution in [0.3, 0.4) is 0 Å². The molecule has 0 radical (unpaired) electrons. The molecule has 3 rings (SSSR count). The molecule has 0 aromatic carbocycles. The van der Waals surface area contributed by atoms with Gasteiger partial charge in [-0.25, -0.2) is 4.98 Å². The molecule has 26 heavy (non-hydrogen) atoms. The number of guanidine groups is 1. The Labute approximate surface area is 158 Å². The van der Waals surface area contributed by atoms with E-state index in [-0.39, 0.29) is 0 Å². The van der Waals surface area contributed by atoms with Gasteiger partial charge in [0.1, 0.15) is 5.82 Å². The average Bonchev–Trinajstić information content (AvgIpc) is 2.65. The van der Waals surface area contributed by atoms with Crippen LogP contribution in [-0.2, 0) is 6.54 Å². The van der Waals surface area contributed by atoms with Gasteiger partial charge in [0, 0.05) is 52.5 Å². The summed E-state index contributed by atoms with van der Waals surface area (Å²) >= 11 is 0. The summed E-state index contributed by atoms with van der Waals surface area (Å²) in [5.74, 6) is 1.96. The first-order valence-corrected chi connectivity index (χ1v) is 9.97. The summed E-state index contributed by atoms with van der Waals surface area (Å²) in [5, 5.41) is 6.92. The molecule has 2 heterocycles. The number of hydrogen-bond acceptors (Lipinski definition) is 4. The number of hydrogen-bond donors (Lipinski definition) is 2. The summed E-state index contributed by atoms with van der Waals surface area (Å²) in [6.45, 7) is 8.37. The SMILES string of the molecule is CCC1(CNC(=NC)NCc2ccc(N3CCN(C)CC3)nc2)CCC1. The van der Waals surface area contributed by atoms with E-state index in [1.165, 1.54) is 31.2 Å². The third-order valence-corrected chi connectivity index (χ3v) is 6.12. The molecule has 0 atom stereocenters. The monoisotopic (exact) mass is 358 g/mol. The molecule has 144 valence electrons. The highest BCUT2D eigenvalue weighted by molar-refractivity contribution is 5.79. The van der Waals surface area contributed by atoms with Crippen LogP contribution in [-0.4, -0.2) is 62.7 Å². The van der Waals surface area contributed by atoms with Crippen molar-refractivity contribution < 1.29 is 0 Å². The summed E-state index contributed by atoms with van der Waals surface area (Å²) in [6.07, 6.45) is 7.27. The number of nitrogens with zero attached hydrogens (tertiary/aromatic N) is 4. The molecule has 2 fully saturated rings. The molecule has 2 aliphatic rings. The van der Waals surface area contributed by atoms with Crippen molar-refractivity contribution in [3.8, 4) is 0 Å². The summed E-state index contributed by atoms with van der Waals surface area (Å²) in [4.78, 5) is 13.7. The van der Waals surface area contributed by atoms with Gasteiger partial charge in [0.05, 0.1) is 0 Å². The molecule has 1 aliphatic carbocycles. The van der Waals surface area contributed by atoms with Crippen molar-refractivity contribution in [3.05, 3.63) is 23.9 Å². The number of nitrogens with one attached hydrogen (secondary N) is 2. The second kappa shape index (κ2) is 8.71. The van der Waals surface area contributed by atoms with E-state index in [1.807, 2.05) is 13.2 Å². The normalized spacial score (nSPS) is 20.6. The molecular weight excluding hydrogens is 324 g/mol. The van der Waals surface area contributed by atoms with E-state index in [0.717, 1.165) is 51.0 Å². The maximum Gasteiger partial charge on any atom is 0.191 e. The second-order valence-corrected chi connectivity index (χ2v) is 7.80. The number of piperazine rings is 1. The van der Waals surface area contributed by atoms with E-state index in [4.69, 9.17) is 0 Å². The van der Waals surface area contributed by atoms with Gasteiger partial charge in [-0.1, -0.05) is 19.4 Å².